The molecule has 0 aliphatic heterocycles. The average Bonchev–Trinajstić information content (AvgIpc) is 3.10. The second kappa shape index (κ2) is 7.56. The number of nitrogens with zero attached hydrogens (tertiary/aromatic N) is 2. The van der Waals surface area contributed by atoms with E-state index < -0.39 is 23.5 Å². The van der Waals surface area contributed by atoms with Gasteiger partial charge in [0.25, 0.3) is 0 Å². The number of anilines is 1. The van der Waals surface area contributed by atoms with Gasteiger partial charge in [0.1, 0.15) is 5.82 Å². The molecule has 1 heterocycles. The third-order valence-corrected chi connectivity index (χ3v) is 3.62. The smallest absolute Gasteiger partial charge is 0.416 e. The van der Waals surface area contributed by atoms with Crippen molar-refractivity contribution in [2.45, 2.75) is 19.0 Å². The van der Waals surface area contributed by atoms with Crippen LogP contribution in [0.25, 0.3) is 11.5 Å². The van der Waals surface area contributed by atoms with Crippen LogP contribution in [0.5, 0.6) is 0 Å². The Bertz CT molecular complexity index is 954. The summed E-state index contributed by atoms with van der Waals surface area (Å²) in [5, 5.41) is 9.85. The topological polar surface area (TPSA) is 68.0 Å². The highest BCUT2D eigenvalue weighted by Gasteiger charge is 2.30. The molecule has 0 aliphatic carbocycles. The molecule has 1 aromatic heterocycles. The van der Waals surface area contributed by atoms with Crippen molar-refractivity contribution in [2.75, 3.05) is 5.32 Å². The van der Waals surface area contributed by atoms with E-state index in [1.165, 1.54) is 30.3 Å². The molecular formula is C18H13F4N3O2. The van der Waals surface area contributed by atoms with Crippen LogP contribution in [0.15, 0.2) is 52.9 Å². The van der Waals surface area contributed by atoms with E-state index in [1.54, 1.807) is 6.07 Å². The van der Waals surface area contributed by atoms with Crippen LogP contribution in [-0.2, 0) is 17.4 Å². The van der Waals surface area contributed by atoms with Crippen LogP contribution in [0.2, 0.25) is 0 Å². The molecular weight excluding hydrogens is 366 g/mol. The van der Waals surface area contributed by atoms with E-state index in [0.717, 1.165) is 12.1 Å². The fraction of sp³-hybridized carbons (Fsp3) is 0.167. The average molecular weight is 379 g/mol. The minimum atomic E-state index is -4.48. The number of benzene rings is 2. The summed E-state index contributed by atoms with van der Waals surface area (Å²) in [4.78, 5) is 11.9. The zero-order valence-electron chi connectivity index (χ0n) is 13.8. The Labute approximate surface area is 151 Å². The Kier molecular flexibility index (Phi) is 5.20. The fourth-order valence-electron chi connectivity index (χ4n) is 2.30. The second-order valence-electron chi connectivity index (χ2n) is 5.61. The lowest BCUT2D eigenvalue weighted by Gasteiger charge is -2.06. The highest BCUT2D eigenvalue weighted by molar-refractivity contribution is 5.90. The molecule has 27 heavy (non-hydrogen) atoms. The maximum atomic E-state index is 13.5. The van der Waals surface area contributed by atoms with Gasteiger partial charge in [-0.15, -0.1) is 10.2 Å². The molecule has 0 atom stereocenters. The molecule has 5 nitrogen and oxygen atoms in total. The maximum Gasteiger partial charge on any atom is 0.416 e. The van der Waals surface area contributed by atoms with Crippen molar-refractivity contribution in [3.05, 3.63) is 65.8 Å². The summed E-state index contributed by atoms with van der Waals surface area (Å²) < 4.78 is 57.1. The number of para-hydroxylation sites is 1. The number of hydrogen-bond donors (Lipinski definition) is 1. The normalized spacial score (nSPS) is 11.4. The van der Waals surface area contributed by atoms with Gasteiger partial charge in [0.05, 0.1) is 11.3 Å². The lowest BCUT2D eigenvalue weighted by molar-refractivity contribution is -0.137. The van der Waals surface area contributed by atoms with Crippen LogP contribution in [0, 0.1) is 5.82 Å². The van der Waals surface area contributed by atoms with E-state index in [9.17, 15) is 22.4 Å². The molecule has 1 amide bonds. The van der Waals surface area contributed by atoms with E-state index >= 15 is 0 Å². The van der Waals surface area contributed by atoms with Crippen LogP contribution in [0.3, 0.4) is 0 Å². The summed E-state index contributed by atoms with van der Waals surface area (Å²) >= 11 is 0. The van der Waals surface area contributed by atoms with Gasteiger partial charge in [0.2, 0.25) is 17.7 Å². The number of halogens is 4. The molecule has 0 saturated heterocycles. The lowest BCUT2D eigenvalue weighted by atomic mass is 10.1. The molecule has 3 rings (SSSR count). The number of hydrogen-bond acceptors (Lipinski definition) is 4. The molecule has 0 unspecified atom stereocenters. The van der Waals surface area contributed by atoms with Crippen molar-refractivity contribution in [1.82, 2.24) is 10.2 Å². The van der Waals surface area contributed by atoms with Gasteiger partial charge >= 0.3 is 6.18 Å². The minimum absolute atomic E-state index is 0.0534. The number of nitrogens with one attached hydrogen (secondary N) is 1. The third kappa shape index (κ3) is 4.69. The van der Waals surface area contributed by atoms with Crippen molar-refractivity contribution >= 4 is 11.6 Å². The number of amides is 1. The largest absolute Gasteiger partial charge is 0.421 e. The van der Waals surface area contributed by atoms with Crippen molar-refractivity contribution in [3.63, 3.8) is 0 Å². The molecule has 0 spiro atoms. The highest BCUT2D eigenvalue weighted by atomic mass is 19.4. The highest BCUT2D eigenvalue weighted by Crippen LogP contribution is 2.31. The number of carbonyl (C=O) groups is 1. The third-order valence-electron chi connectivity index (χ3n) is 3.62. The van der Waals surface area contributed by atoms with Gasteiger partial charge < -0.3 is 9.73 Å². The number of carbonyl (C=O) groups excluding carboxylic acids is 1. The summed E-state index contributed by atoms with van der Waals surface area (Å²) in [6, 6.07) is 10.2. The Balaban J connectivity index is 1.63. The Morgan fingerprint density at radius 1 is 1.07 bits per heavy atom. The van der Waals surface area contributed by atoms with E-state index in [1.807, 2.05) is 0 Å². The summed E-state index contributed by atoms with van der Waals surface area (Å²) in [5.41, 5.74) is -0.652. The lowest BCUT2D eigenvalue weighted by Crippen LogP contribution is -2.13. The van der Waals surface area contributed by atoms with Crippen molar-refractivity contribution in [3.8, 4) is 11.5 Å². The Morgan fingerprint density at radius 3 is 2.59 bits per heavy atom. The zero-order valence-corrected chi connectivity index (χ0v) is 13.8. The summed E-state index contributed by atoms with van der Waals surface area (Å²) in [6.45, 7) is 0. The molecule has 0 aliphatic rings. The van der Waals surface area contributed by atoms with Crippen LogP contribution >= 0.6 is 0 Å². The van der Waals surface area contributed by atoms with Gasteiger partial charge in [-0.3, -0.25) is 4.79 Å². The van der Waals surface area contributed by atoms with E-state index in [2.05, 4.69) is 15.5 Å². The summed E-state index contributed by atoms with van der Waals surface area (Å²) in [7, 11) is 0. The summed E-state index contributed by atoms with van der Waals surface area (Å²) in [5.74, 6) is -1.01. The Hall–Kier alpha value is -3.23. The number of aromatic nitrogens is 2. The quantitative estimate of drug-likeness (QED) is 0.665. The van der Waals surface area contributed by atoms with Crippen LogP contribution in [0.1, 0.15) is 17.9 Å². The van der Waals surface area contributed by atoms with Crippen LogP contribution in [-0.4, -0.2) is 16.1 Å². The first kappa shape index (κ1) is 18.6. The molecule has 3 aromatic rings. The number of aryl methyl sites for hydroxylation is 1. The molecule has 0 radical (unpaired) electrons. The summed E-state index contributed by atoms with van der Waals surface area (Å²) in [6.07, 6.45) is -4.48. The van der Waals surface area contributed by atoms with Crippen molar-refractivity contribution < 1.29 is 26.8 Å². The molecule has 0 bridgehead atoms. The van der Waals surface area contributed by atoms with Gasteiger partial charge in [0, 0.05) is 18.4 Å². The second-order valence-corrected chi connectivity index (χ2v) is 5.61. The van der Waals surface area contributed by atoms with Gasteiger partial charge in [0.15, 0.2) is 0 Å². The molecule has 0 saturated carbocycles. The van der Waals surface area contributed by atoms with E-state index in [-0.39, 0.29) is 35.9 Å². The predicted octanol–water partition coefficient (Wildman–Crippen LogP) is 4.47. The first-order valence-corrected chi connectivity index (χ1v) is 7.87. The fourth-order valence-corrected chi connectivity index (χ4v) is 2.30. The van der Waals surface area contributed by atoms with Crippen molar-refractivity contribution in [1.29, 1.82) is 0 Å². The van der Waals surface area contributed by atoms with E-state index in [0.29, 0.717) is 0 Å². The standard InChI is InChI=1S/C18H13F4N3O2/c19-13-6-1-2-7-14(13)23-15(26)8-9-16-24-25-17(27-16)11-4-3-5-12(10-11)18(20,21)22/h1-7,10H,8-9H2,(H,23,26). The predicted molar refractivity (Wildman–Crippen MR) is 88.1 cm³/mol. The van der Waals surface area contributed by atoms with Gasteiger partial charge in [-0.1, -0.05) is 18.2 Å². The van der Waals surface area contributed by atoms with Gasteiger partial charge in [-0.25, -0.2) is 4.39 Å². The van der Waals surface area contributed by atoms with Gasteiger partial charge in [-0.05, 0) is 30.3 Å². The molecule has 0 fully saturated rings. The first-order chi connectivity index (χ1) is 12.8. The number of rotatable bonds is 5. The maximum absolute atomic E-state index is 13.5. The minimum Gasteiger partial charge on any atom is -0.421 e. The van der Waals surface area contributed by atoms with Crippen LogP contribution < -0.4 is 5.32 Å². The van der Waals surface area contributed by atoms with Crippen molar-refractivity contribution in [2.24, 2.45) is 0 Å². The van der Waals surface area contributed by atoms with Gasteiger partial charge in [-0.2, -0.15) is 13.2 Å². The SMILES string of the molecule is O=C(CCc1nnc(-c2cccc(C(F)(F)F)c2)o1)Nc1ccccc1F. The molecule has 140 valence electrons. The number of alkyl halides is 3. The molecule has 9 heteroatoms. The first-order valence-electron chi connectivity index (χ1n) is 7.87. The zero-order chi connectivity index (χ0) is 19.4. The monoisotopic (exact) mass is 379 g/mol. The van der Waals surface area contributed by atoms with E-state index in [4.69, 9.17) is 4.42 Å². The molecule has 1 N–H and O–H groups in total. The van der Waals surface area contributed by atoms with Crippen LogP contribution in [0.4, 0.5) is 23.2 Å². The molecule has 2 aromatic carbocycles. The Morgan fingerprint density at radius 2 is 1.85 bits per heavy atom.